The number of rotatable bonds is 5. The first-order chi connectivity index (χ1) is 13.2. The second kappa shape index (κ2) is 8.54. The molecule has 1 aromatic heterocycles. The molecule has 2 atom stereocenters. The predicted molar refractivity (Wildman–Crippen MR) is 106 cm³/mol. The van der Waals surface area contributed by atoms with E-state index < -0.39 is 0 Å². The fourth-order valence-corrected chi connectivity index (χ4v) is 4.95. The number of halogens is 1. The second-order valence-electron chi connectivity index (χ2n) is 7.12. The number of nitrogens with one attached hydrogen (secondary N) is 2. The molecule has 2 unspecified atom stereocenters. The number of nitrogens with zero attached hydrogens (tertiary/aromatic N) is 2. The van der Waals surface area contributed by atoms with Gasteiger partial charge in [0.1, 0.15) is 11.1 Å². The Morgan fingerprint density at radius 3 is 2.81 bits per heavy atom. The van der Waals surface area contributed by atoms with E-state index in [2.05, 4.69) is 20.8 Å². The maximum absolute atomic E-state index is 12.6. The molecule has 0 bridgehead atoms. The molecule has 0 spiro atoms. The topological polar surface area (TPSA) is 76.1 Å². The molecule has 144 valence electrons. The Morgan fingerprint density at radius 1 is 1.22 bits per heavy atom. The third kappa shape index (κ3) is 4.59. The number of aromatic nitrogens is 2. The number of benzene rings is 1. The van der Waals surface area contributed by atoms with Gasteiger partial charge in [-0.1, -0.05) is 47.9 Å². The number of carbonyl (C=O) groups is 1. The van der Waals surface area contributed by atoms with Crippen molar-refractivity contribution in [3.63, 3.8) is 0 Å². The third-order valence-electron chi connectivity index (χ3n) is 5.23. The van der Waals surface area contributed by atoms with E-state index in [1.807, 2.05) is 24.3 Å². The van der Waals surface area contributed by atoms with Gasteiger partial charge in [-0.2, -0.15) is 0 Å². The highest BCUT2D eigenvalue weighted by molar-refractivity contribution is 7.15. The SMILES string of the molecule is O=C(Nc1nnc(C2CCCO2)s1)NC(c1cccc(Cl)c1)C1CCCC1. The molecular weight excluding hydrogens is 384 g/mol. The van der Waals surface area contributed by atoms with Gasteiger partial charge >= 0.3 is 6.03 Å². The maximum atomic E-state index is 12.6. The van der Waals surface area contributed by atoms with Gasteiger partial charge in [0, 0.05) is 11.6 Å². The fourth-order valence-electron chi connectivity index (χ4n) is 3.93. The standard InChI is InChI=1S/C19H23ClN4O2S/c20-14-8-3-7-13(11-14)16(12-5-1-2-6-12)21-18(25)22-19-24-23-17(27-19)15-9-4-10-26-15/h3,7-8,11-12,15-16H,1-2,4-6,9-10H2,(H2,21,22,24,25). The lowest BCUT2D eigenvalue weighted by molar-refractivity contribution is 0.111. The molecule has 0 radical (unpaired) electrons. The molecule has 1 aliphatic carbocycles. The van der Waals surface area contributed by atoms with Crippen molar-refractivity contribution in [3.05, 3.63) is 39.9 Å². The van der Waals surface area contributed by atoms with Gasteiger partial charge in [0.15, 0.2) is 0 Å². The van der Waals surface area contributed by atoms with E-state index >= 15 is 0 Å². The Balaban J connectivity index is 1.43. The van der Waals surface area contributed by atoms with Crippen molar-refractivity contribution < 1.29 is 9.53 Å². The summed E-state index contributed by atoms with van der Waals surface area (Å²) in [7, 11) is 0. The van der Waals surface area contributed by atoms with Crippen LogP contribution in [0.5, 0.6) is 0 Å². The van der Waals surface area contributed by atoms with E-state index in [0.29, 0.717) is 16.1 Å². The van der Waals surface area contributed by atoms with E-state index in [4.69, 9.17) is 16.3 Å². The first-order valence-electron chi connectivity index (χ1n) is 9.47. The van der Waals surface area contributed by atoms with Gasteiger partial charge in [-0.3, -0.25) is 5.32 Å². The van der Waals surface area contributed by atoms with E-state index in [-0.39, 0.29) is 18.2 Å². The summed E-state index contributed by atoms with van der Waals surface area (Å²) >= 11 is 7.55. The van der Waals surface area contributed by atoms with Crippen LogP contribution in [0.1, 0.15) is 61.2 Å². The molecule has 2 amide bonds. The lowest BCUT2D eigenvalue weighted by Gasteiger charge is -2.25. The third-order valence-corrected chi connectivity index (χ3v) is 6.40. The minimum Gasteiger partial charge on any atom is -0.371 e. The van der Waals surface area contributed by atoms with E-state index in [1.54, 1.807) is 0 Å². The molecule has 1 saturated carbocycles. The van der Waals surface area contributed by atoms with Gasteiger partial charge in [-0.05, 0) is 49.3 Å². The van der Waals surface area contributed by atoms with Gasteiger partial charge in [0.05, 0.1) is 6.04 Å². The number of ether oxygens (including phenoxy) is 1. The van der Waals surface area contributed by atoms with Crippen molar-refractivity contribution in [1.82, 2.24) is 15.5 Å². The monoisotopic (exact) mass is 406 g/mol. The molecule has 8 heteroatoms. The van der Waals surface area contributed by atoms with Gasteiger partial charge in [0.2, 0.25) is 5.13 Å². The van der Waals surface area contributed by atoms with Crippen LogP contribution in [0.15, 0.2) is 24.3 Å². The normalized spacial score (nSPS) is 21.3. The number of amides is 2. The fraction of sp³-hybridized carbons (Fsp3) is 0.526. The highest BCUT2D eigenvalue weighted by Gasteiger charge is 2.28. The van der Waals surface area contributed by atoms with Crippen molar-refractivity contribution in [2.75, 3.05) is 11.9 Å². The van der Waals surface area contributed by atoms with Crippen molar-refractivity contribution in [1.29, 1.82) is 0 Å². The smallest absolute Gasteiger partial charge is 0.321 e. The zero-order valence-electron chi connectivity index (χ0n) is 15.0. The molecule has 1 aromatic carbocycles. The van der Waals surface area contributed by atoms with E-state index in [9.17, 15) is 4.79 Å². The van der Waals surface area contributed by atoms with Crippen LogP contribution < -0.4 is 10.6 Å². The highest BCUT2D eigenvalue weighted by atomic mass is 35.5. The summed E-state index contributed by atoms with van der Waals surface area (Å²) in [4.78, 5) is 12.6. The van der Waals surface area contributed by atoms with Crippen LogP contribution >= 0.6 is 22.9 Å². The molecule has 2 aromatic rings. The Labute approximate surface area is 167 Å². The van der Waals surface area contributed by atoms with Crippen LogP contribution in [0.25, 0.3) is 0 Å². The Bertz CT molecular complexity index is 788. The average molecular weight is 407 g/mol. The molecule has 6 nitrogen and oxygen atoms in total. The van der Waals surface area contributed by atoms with Crippen molar-refractivity contribution >= 4 is 34.1 Å². The van der Waals surface area contributed by atoms with Crippen molar-refractivity contribution in [2.24, 2.45) is 5.92 Å². The Morgan fingerprint density at radius 2 is 2.07 bits per heavy atom. The first kappa shape index (κ1) is 18.7. The van der Waals surface area contributed by atoms with E-state index in [0.717, 1.165) is 42.9 Å². The summed E-state index contributed by atoms with van der Waals surface area (Å²) < 4.78 is 5.63. The summed E-state index contributed by atoms with van der Waals surface area (Å²) in [6.45, 7) is 0.760. The Hall–Kier alpha value is -1.70. The van der Waals surface area contributed by atoms with Gasteiger partial charge < -0.3 is 10.1 Å². The molecule has 2 aliphatic rings. The summed E-state index contributed by atoms with van der Waals surface area (Å²) in [5.41, 5.74) is 1.04. The molecule has 2 heterocycles. The molecule has 27 heavy (non-hydrogen) atoms. The minimum absolute atomic E-state index is 0.0128. The average Bonchev–Trinajstić information content (AvgIpc) is 3.40. The lowest BCUT2D eigenvalue weighted by Crippen LogP contribution is -2.35. The molecule has 1 saturated heterocycles. The van der Waals surface area contributed by atoms with Crippen LogP contribution in [0.3, 0.4) is 0 Å². The maximum Gasteiger partial charge on any atom is 0.321 e. The molecule has 4 rings (SSSR count). The molecule has 1 aliphatic heterocycles. The van der Waals surface area contributed by atoms with Crippen LogP contribution in [-0.4, -0.2) is 22.8 Å². The van der Waals surface area contributed by atoms with Crippen LogP contribution in [0.2, 0.25) is 5.02 Å². The lowest BCUT2D eigenvalue weighted by atomic mass is 9.92. The molecule has 2 N–H and O–H groups in total. The van der Waals surface area contributed by atoms with Gasteiger partial charge in [-0.15, -0.1) is 10.2 Å². The van der Waals surface area contributed by atoms with Crippen LogP contribution in [-0.2, 0) is 4.74 Å². The van der Waals surface area contributed by atoms with Crippen LogP contribution in [0, 0.1) is 5.92 Å². The van der Waals surface area contributed by atoms with E-state index in [1.165, 1.54) is 24.2 Å². The largest absolute Gasteiger partial charge is 0.371 e. The van der Waals surface area contributed by atoms with Crippen molar-refractivity contribution in [3.8, 4) is 0 Å². The zero-order valence-corrected chi connectivity index (χ0v) is 16.6. The molecular formula is C19H23ClN4O2S. The number of carbonyl (C=O) groups excluding carboxylic acids is 1. The summed E-state index contributed by atoms with van der Waals surface area (Å²) in [6, 6.07) is 7.42. The summed E-state index contributed by atoms with van der Waals surface area (Å²) in [5, 5.41) is 16.2. The first-order valence-corrected chi connectivity index (χ1v) is 10.7. The molecule has 2 fully saturated rings. The quantitative estimate of drug-likeness (QED) is 0.724. The van der Waals surface area contributed by atoms with Gasteiger partial charge in [-0.25, -0.2) is 4.79 Å². The number of anilines is 1. The van der Waals surface area contributed by atoms with Crippen LogP contribution in [0.4, 0.5) is 9.93 Å². The van der Waals surface area contributed by atoms with Gasteiger partial charge in [0.25, 0.3) is 0 Å². The second-order valence-corrected chi connectivity index (χ2v) is 8.57. The number of urea groups is 1. The Kier molecular flexibility index (Phi) is 5.90. The predicted octanol–water partition coefficient (Wildman–Crippen LogP) is 5.10. The zero-order chi connectivity index (χ0) is 18.6. The summed E-state index contributed by atoms with van der Waals surface area (Å²) in [6.07, 6.45) is 6.63. The van der Waals surface area contributed by atoms with Crippen molar-refractivity contribution in [2.45, 2.75) is 50.7 Å². The summed E-state index contributed by atoms with van der Waals surface area (Å²) in [5.74, 6) is 0.422. The number of hydrogen-bond acceptors (Lipinski definition) is 5. The highest BCUT2D eigenvalue weighted by Crippen LogP contribution is 2.36. The number of hydrogen-bond donors (Lipinski definition) is 2. The minimum atomic E-state index is -0.262.